The van der Waals surface area contributed by atoms with Crippen molar-refractivity contribution in [1.29, 1.82) is 0 Å². The number of aliphatic hydroxyl groups excluding tert-OH is 1. The predicted molar refractivity (Wildman–Crippen MR) is 112 cm³/mol. The van der Waals surface area contributed by atoms with E-state index < -0.39 is 5.41 Å². The van der Waals surface area contributed by atoms with Gasteiger partial charge in [0.15, 0.2) is 0 Å². The van der Waals surface area contributed by atoms with E-state index in [2.05, 4.69) is 16.8 Å². The maximum Gasteiger partial charge on any atom is 0.120 e. The summed E-state index contributed by atoms with van der Waals surface area (Å²) in [7, 11) is 3.78. The van der Waals surface area contributed by atoms with Crippen molar-refractivity contribution >= 4 is 0 Å². The Morgan fingerprint density at radius 3 is 2.39 bits per heavy atom. The monoisotopic (exact) mass is 384 g/mol. The summed E-state index contributed by atoms with van der Waals surface area (Å²) in [6.45, 7) is 5.28. The van der Waals surface area contributed by atoms with Crippen LogP contribution in [0.5, 0.6) is 11.5 Å². The Labute approximate surface area is 168 Å². The van der Waals surface area contributed by atoms with Crippen molar-refractivity contribution in [3.05, 3.63) is 59.7 Å². The van der Waals surface area contributed by atoms with Gasteiger partial charge in [-0.1, -0.05) is 30.3 Å². The Kier molecular flexibility index (Phi) is 6.94. The van der Waals surface area contributed by atoms with Crippen LogP contribution < -0.4 is 4.74 Å². The summed E-state index contributed by atoms with van der Waals surface area (Å²) in [6, 6.07) is 15.3. The SMILES string of the molecule is COc1ccc(O)c(C(CO)(CCCN2CCN(C)CC2)c2ccccc2)c1. The normalized spacial score (nSPS) is 18.0. The van der Waals surface area contributed by atoms with Gasteiger partial charge in [-0.2, -0.15) is 0 Å². The van der Waals surface area contributed by atoms with E-state index in [1.54, 1.807) is 19.2 Å². The van der Waals surface area contributed by atoms with E-state index in [0.717, 1.165) is 56.7 Å². The fraction of sp³-hybridized carbons (Fsp3) is 0.478. The second-order valence-corrected chi connectivity index (χ2v) is 7.74. The van der Waals surface area contributed by atoms with Gasteiger partial charge in [0, 0.05) is 37.2 Å². The summed E-state index contributed by atoms with van der Waals surface area (Å²) in [5.41, 5.74) is 1.07. The number of aromatic hydroxyl groups is 1. The minimum absolute atomic E-state index is 0.0690. The number of hydrogen-bond donors (Lipinski definition) is 2. The molecule has 2 aromatic carbocycles. The van der Waals surface area contributed by atoms with Crippen LogP contribution in [-0.2, 0) is 5.41 Å². The third-order valence-electron chi connectivity index (χ3n) is 5.99. The fourth-order valence-corrected chi connectivity index (χ4v) is 4.15. The second-order valence-electron chi connectivity index (χ2n) is 7.74. The number of ether oxygens (including phenoxy) is 1. The molecular formula is C23H32N2O3. The molecule has 152 valence electrons. The molecular weight excluding hydrogens is 352 g/mol. The van der Waals surface area contributed by atoms with E-state index in [1.165, 1.54) is 0 Å². The number of phenols is 1. The molecule has 1 fully saturated rings. The summed E-state index contributed by atoms with van der Waals surface area (Å²) in [4.78, 5) is 4.84. The standard InChI is InChI=1S/C23H32N2O3/c1-24-13-15-25(16-14-24)12-6-11-23(18-26,19-7-4-3-5-8-19)21-17-20(28-2)9-10-22(21)27/h3-5,7-10,17,26-27H,6,11-16,18H2,1-2H3. The Bertz CT molecular complexity index is 745. The number of aliphatic hydroxyl groups is 1. The molecule has 0 bridgehead atoms. The molecule has 5 heteroatoms. The maximum atomic E-state index is 10.7. The van der Waals surface area contributed by atoms with Crippen molar-refractivity contribution in [1.82, 2.24) is 9.80 Å². The molecule has 1 saturated heterocycles. The van der Waals surface area contributed by atoms with Crippen molar-refractivity contribution in [3.63, 3.8) is 0 Å². The molecule has 1 aliphatic rings. The number of piperazine rings is 1. The number of methoxy groups -OCH3 is 1. The van der Waals surface area contributed by atoms with Gasteiger partial charge in [-0.15, -0.1) is 0 Å². The Morgan fingerprint density at radius 1 is 1.04 bits per heavy atom. The summed E-state index contributed by atoms with van der Waals surface area (Å²) in [5.74, 6) is 0.874. The first kappa shape index (κ1) is 20.6. The lowest BCUT2D eigenvalue weighted by atomic mass is 9.71. The van der Waals surface area contributed by atoms with Gasteiger partial charge in [-0.05, 0) is 50.2 Å². The number of phenolic OH excluding ortho intramolecular Hbond substituents is 1. The first-order valence-corrected chi connectivity index (χ1v) is 10.0. The average molecular weight is 385 g/mol. The lowest BCUT2D eigenvalue weighted by molar-refractivity contribution is 0.144. The molecule has 0 spiro atoms. The van der Waals surface area contributed by atoms with Crippen LogP contribution >= 0.6 is 0 Å². The molecule has 0 amide bonds. The van der Waals surface area contributed by atoms with Gasteiger partial charge < -0.3 is 24.7 Å². The molecule has 1 heterocycles. The molecule has 2 N–H and O–H groups in total. The zero-order valence-corrected chi connectivity index (χ0v) is 17.0. The largest absolute Gasteiger partial charge is 0.508 e. The van der Waals surface area contributed by atoms with Gasteiger partial charge in [0.25, 0.3) is 0 Å². The molecule has 1 atom stereocenters. The number of benzene rings is 2. The number of likely N-dealkylation sites (N-methyl/N-ethyl adjacent to an activating group) is 1. The van der Waals surface area contributed by atoms with Crippen molar-refractivity contribution < 1.29 is 14.9 Å². The van der Waals surface area contributed by atoms with E-state index in [0.29, 0.717) is 5.75 Å². The molecule has 2 aromatic rings. The van der Waals surface area contributed by atoms with Crippen LogP contribution in [0.25, 0.3) is 0 Å². The summed E-state index contributed by atoms with van der Waals surface area (Å²) < 4.78 is 5.39. The number of nitrogens with zero attached hydrogens (tertiary/aromatic N) is 2. The number of rotatable bonds is 8. The maximum absolute atomic E-state index is 10.7. The molecule has 3 rings (SSSR count). The van der Waals surface area contributed by atoms with Crippen LogP contribution in [0.15, 0.2) is 48.5 Å². The van der Waals surface area contributed by atoms with Crippen molar-refractivity contribution in [2.75, 3.05) is 53.5 Å². The molecule has 1 unspecified atom stereocenters. The molecule has 0 aliphatic carbocycles. The van der Waals surface area contributed by atoms with E-state index in [1.807, 2.05) is 36.4 Å². The third kappa shape index (κ3) is 4.49. The topological polar surface area (TPSA) is 56.2 Å². The van der Waals surface area contributed by atoms with E-state index in [4.69, 9.17) is 4.74 Å². The summed E-state index contributed by atoms with van der Waals surface area (Å²) >= 11 is 0. The number of hydrogen-bond acceptors (Lipinski definition) is 5. The predicted octanol–water partition coefficient (Wildman–Crippen LogP) is 2.71. The van der Waals surface area contributed by atoms with Crippen LogP contribution in [0.3, 0.4) is 0 Å². The second kappa shape index (κ2) is 9.41. The van der Waals surface area contributed by atoms with E-state index in [9.17, 15) is 10.2 Å². The van der Waals surface area contributed by atoms with Crippen LogP contribution in [-0.4, -0.2) is 73.5 Å². The van der Waals surface area contributed by atoms with Crippen molar-refractivity contribution in [3.8, 4) is 11.5 Å². The first-order valence-electron chi connectivity index (χ1n) is 10.0. The molecule has 0 radical (unpaired) electrons. The summed E-state index contributed by atoms with van der Waals surface area (Å²) in [6.07, 6.45) is 1.69. The van der Waals surface area contributed by atoms with Gasteiger partial charge in [0.2, 0.25) is 0 Å². The van der Waals surface area contributed by atoms with Crippen molar-refractivity contribution in [2.24, 2.45) is 0 Å². The third-order valence-corrected chi connectivity index (χ3v) is 5.99. The minimum Gasteiger partial charge on any atom is -0.508 e. The summed E-state index contributed by atoms with van der Waals surface area (Å²) in [5, 5.41) is 21.2. The average Bonchev–Trinajstić information content (AvgIpc) is 2.74. The van der Waals surface area contributed by atoms with Gasteiger partial charge in [0.1, 0.15) is 11.5 Å². The minimum atomic E-state index is -0.660. The van der Waals surface area contributed by atoms with Gasteiger partial charge >= 0.3 is 0 Å². The highest BCUT2D eigenvalue weighted by atomic mass is 16.5. The van der Waals surface area contributed by atoms with Gasteiger partial charge in [-0.3, -0.25) is 0 Å². The molecule has 5 nitrogen and oxygen atoms in total. The Morgan fingerprint density at radius 2 is 1.75 bits per heavy atom. The Hall–Kier alpha value is -2.08. The highest BCUT2D eigenvalue weighted by Gasteiger charge is 2.36. The van der Waals surface area contributed by atoms with E-state index >= 15 is 0 Å². The zero-order chi connectivity index (χ0) is 20.0. The van der Waals surface area contributed by atoms with Crippen LogP contribution in [0, 0.1) is 0 Å². The first-order chi connectivity index (χ1) is 13.6. The van der Waals surface area contributed by atoms with E-state index in [-0.39, 0.29) is 12.4 Å². The molecule has 28 heavy (non-hydrogen) atoms. The highest BCUT2D eigenvalue weighted by Crippen LogP contribution is 2.42. The van der Waals surface area contributed by atoms with Crippen LogP contribution in [0.4, 0.5) is 0 Å². The molecule has 1 aliphatic heterocycles. The van der Waals surface area contributed by atoms with Gasteiger partial charge in [0.05, 0.1) is 13.7 Å². The zero-order valence-electron chi connectivity index (χ0n) is 17.0. The fourth-order valence-electron chi connectivity index (χ4n) is 4.15. The van der Waals surface area contributed by atoms with Crippen LogP contribution in [0.2, 0.25) is 0 Å². The Balaban J connectivity index is 1.87. The van der Waals surface area contributed by atoms with Gasteiger partial charge in [-0.25, -0.2) is 0 Å². The highest BCUT2D eigenvalue weighted by molar-refractivity contribution is 5.50. The molecule has 0 aromatic heterocycles. The smallest absolute Gasteiger partial charge is 0.120 e. The lowest BCUT2D eigenvalue weighted by Crippen LogP contribution is -2.45. The lowest BCUT2D eigenvalue weighted by Gasteiger charge is -2.36. The quantitative estimate of drug-likeness (QED) is 0.733. The molecule has 0 saturated carbocycles. The van der Waals surface area contributed by atoms with Crippen molar-refractivity contribution in [2.45, 2.75) is 18.3 Å². The van der Waals surface area contributed by atoms with Crippen LogP contribution in [0.1, 0.15) is 24.0 Å².